The van der Waals surface area contributed by atoms with Gasteiger partial charge < -0.3 is 15.1 Å². The monoisotopic (exact) mass is 335 g/mol. The van der Waals surface area contributed by atoms with Crippen molar-refractivity contribution in [1.82, 2.24) is 19.6 Å². The Kier molecular flexibility index (Phi) is 5.09. The van der Waals surface area contributed by atoms with Gasteiger partial charge in [-0.3, -0.25) is 4.40 Å². The Morgan fingerprint density at radius 1 is 1.39 bits per heavy atom. The molecule has 0 aliphatic carbocycles. The van der Waals surface area contributed by atoms with Gasteiger partial charge in [0.05, 0.1) is 5.69 Å². The molecule has 1 fully saturated rings. The Morgan fingerprint density at radius 3 is 2.91 bits per heavy atom. The van der Waals surface area contributed by atoms with Crippen molar-refractivity contribution < 1.29 is 0 Å². The minimum atomic E-state index is 0.596. The highest BCUT2D eigenvalue weighted by molar-refractivity contribution is 6.30. The van der Waals surface area contributed by atoms with Gasteiger partial charge in [0.25, 0.3) is 0 Å². The third-order valence-electron chi connectivity index (χ3n) is 4.57. The van der Waals surface area contributed by atoms with E-state index in [0.29, 0.717) is 12.6 Å². The molecule has 2 aromatic heterocycles. The fourth-order valence-corrected chi connectivity index (χ4v) is 3.49. The number of anilines is 1. The van der Waals surface area contributed by atoms with Crippen molar-refractivity contribution >= 4 is 23.1 Å². The number of pyridine rings is 1. The van der Waals surface area contributed by atoms with Gasteiger partial charge in [-0.05, 0) is 45.6 Å². The number of hydrogen-bond acceptors (Lipinski definition) is 4. The molecule has 0 amide bonds. The molecular formula is C17H26ClN5. The number of aromatic nitrogens is 2. The number of likely N-dealkylation sites (N-methyl/N-ethyl adjacent to an activating group) is 1. The molecule has 6 heteroatoms. The molecule has 0 saturated carbocycles. The minimum Gasteiger partial charge on any atom is -0.356 e. The zero-order valence-corrected chi connectivity index (χ0v) is 15.0. The van der Waals surface area contributed by atoms with E-state index in [9.17, 15) is 0 Å². The molecule has 1 N–H and O–H groups in total. The molecule has 126 valence electrons. The zero-order chi connectivity index (χ0) is 16.4. The van der Waals surface area contributed by atoms with Crippen LogP contribution in [-0.2, 0) is 6.54 Å². The van der Waals surface area contributed by atoms with Crippen LogP contribution in [0.25, 0.3) is 5.65 Å². The number of halogens is 1. The van der Waals surface area contributed by atoms with Crippen LogP contribution in [0.4, 0.5) is 5.82 Å². The lowest BCUT2D eigenvalue weighted by Crippen LogP contribution is -2.32. The van der Waals surface area contributed by atoms with E-state index in [1.807, 2.05) is 6.07 Å². The first-order valence-corrected chi connectivity index (χ1v) is 8.77. The number of fused-ring (bicyclic) bond motifs is 1. The van der Waals surface area contributed by atoms with Crippen LogP contribution in [0, 0.1) is 0 Å². The van der Waals surface area contributed by atoms with Crippen LogP contribution in [-0.4, -0.2) is 54.1 Å². The molecule has 3 rings (SSSR count). The second-order valence-corrected chi connectivity index (χ2v) is 6.81. The summed E-state index contributed by atoms with van der Waals surface area (Å²) in [5, 5.41) is 4.11. The summed E-state index contributed by atoms with van der Waals surface area (Å²) in [7, 11) is 4.30. The Labute approximate surface area is 143 Å². The van der Waals surface area contributed by atoms with Crippen molar-refractivity contribution in [1.29, 1.82) is 0 Å². The van der Waals surface area contributed by atoms with Crippen molar-refractivity contribution in [2.24, 2.45) is 0 Å². The molecule has 1 saturated heterocycles. The fraction of sp³-hybridized carbons (Fsp3) is 0.588. The van der Waals surface area contributed by atoms with E-state index in [2.05, 4.69) is 52.7 Å². The van der Waals surface area contributed by atoms with Gasteiger partial charge in [0.15, 0.2) is 0 Å². The quantitative estimate of drug-likeness (QED) is 0.823. The predicted molar refractivity (Wildman–Crippen MR) is 96.5 cm³/mol. The number of nitrogens with one attached hydrogen (secondary N) is 1. The van der Waals surface area contributed by atoms with E-state index in [1.54, 1.807) is 0 Å². The van der Waals surface area contributed by atoms with Crippen molar-refractivity contribution in [3.05, 3.63) is 29.0 Å². The molecule has 23 heavy (non-hydrogen) atoms. The molecule has 1 unspecified atom stereocenters. The van der Waals surface area contributed by atoms with E-state index in [0.717, 1.165) is 48.4 Å². The van der Waals surface area contributed by atoms with Gasteiger partial charge in [0, 0.05) is 25.7 Å². The highest BCUT2D eigenvalue weighted by Crippen LogP contribution is 2.28. The second-order valence-electron chi connectivity index (χ2n) is 6.46. The zero-order valence-electron chi connectivity index (χ0n) is 14.2. The summed E-state index contributed by atoms with van der Waals surface area (Å²) in [5.74, 6) is 1.14. The molecule has 1 atom stereocenters. The van der Waals surface area contributed by atoms with Crippen LogP contribution in [0.3, 0.4) is 0 Å². The normalized spacial score (nSPS) is 18.5. The van der Waals surface area contributed by atoms with Crippen molar-refractivity contribution in [2.45, 2.75) is 32.4 Å². The molecule has 0 radical (unpaired) electrons. The number of nitrogens with zero attached hydrogens (tertiary/aromatic N) is 4. The van der Waals surface area contributed by atoms with E-state index in [-0.39, 0.29) is 0 Å². The van der Waals surface area contributed by atoms with Gasteiger partial charge >= 0.3 is 0 Å². The smallest absolute Gasteiger partial charge is 0.139 e. The molecule has 0 spiro atoms. The summed E-state index contributed by atoms with van der Waals surface area (Å²) in [5.41, 5.74) is 1.85. The van der Waals surface area contributed by atoms with Crippen LogP contribution in [0.1, 0.15) is 25.5 Å². The summed E-state index contributed by atoms with van der Waals surface area (Å²) in [4.78, 5) is 9.41. The first-order chi connectivity index (χ1) is 11.1. The third-order valence-corrected chi connectivity index (χ3v) is 4.96. The van der Waals surface area contributed by atoms with Crippen molar-refractivity contribution in [2.75, 3.05) is 38.6 Å². The van der Waals surface area contributed by atoms with Gasteiger partial charge in [-0.1, -0.05) is 24.6 Å². The van der Waals surface area contributed by atoms with Gasteiger partial charge in [0.1, 0.15) is 16.6 Å². The molecule has 5 nitrogen and oxygen atoms in total. The minimum absolute atomic E-state index is 0.596. The van der Waals surface area contributed by atoms with Gasteiger partial charge in [-0.25, -0.2) is 4.98 Å². The lowest BCUT2D eigenvalue weighted by Gasteiger charge is -2.22. The predicted octanol–water partition coefficient (Wildman–Crippen LogP) is 2.63. The van der Waals surface area contributed by atoms with Crippen LogP contribution in [0.15, 0.2) is 18.2 Å². The highest BCUT2D eigenvalue weighted by Gasteiger charge is 2.26. The van der Waals surface area contributed by atoms with Crippen molar-refractivity contribution in [3.63, 3.8) is 0 Å². The summed E-state index contributed by atoms with van der Waals surface area (Å²) >= 11 is 6.64. The van der Waals surface area contributed by atoms with Crippen LogP contribution >= 0.6 is 11.6 Å². The SMILES string of the molecule is CCCNCc1nc2cccc(N3CCC(N(C)C)C3)n2c1Cl. The molecule has 1 aliphatic heterocycles. The van der Waals surface area contributed by atoms with E-state index < -0.39 is 0 Å². The average molecular weight is 336 g/mol. The van der Waals surface area contributed by atoms with Crippen LogP contribution < -0.4 is 10.2 Å². The molecule has 3 heterocycles. The summed E-state index contributed by atoms with van der Waals surface area (Å²) < 4.78 is 2.09. The van der Waals surface area contributed by atoms with Crippen molar-refractivity contribution in [3.8, 4) is 0 Å². The van der Waals surface area contributed by atoms with E-state index in [4.69, 9.17) is 16.6 Å². The Balaban J connectivity index is 1.89. The highest BCUT2D eigenvalue weighted by atomic mass is 35.5. The Bertz CT molecular complexity index is 666. The molecular weight excluding hydrogens is 310 g/mol. The first kappa shape index (κ1) is 16.6. The molecule has 2 aromatic rings. The van der Waals surface area contributed by atoms with E-state index >= 15 is 0 Å². The molecule has 0 aromatic carbocycles. The third kappa shape index (κ3) is 3.32. The second kappa shape index (κ2) is 7.07. The lowest BCUT2D eigenvalue weighted by atomic mass is 10.2. The van der Waals surface area contributed by atoms with Crippen LogP contribution in [0.2, 0.25) is 5.15 Å². The summed E-state index contributed by atoms with van der Waals surface area (Å²) in [6, 6.07) is 6.83. The maximum Gasteiger partial charge on any atom is 0.139 e. The average Bonchev–Trinajstić information content (AvgIpc) is 3.14. The molecule has 1 aliphatic rings. The first-order valence-electron chi connectivity index (χ1n) is 8.39. The number of rotatable bonds is 6. The largest absolute Gasteiger partial charge is 0.356 e. The number of imidazole rings is 1. The maximum atomic E-state index is 6.64. The number of hydrogen-bond donors (Lipinski definition) is 1. The van der Waals surface area contributed by atoms with Gasteiger partial charge in [0.2, 0.25) is 0 Å². The Hall–Kier alpha value is -1.30. The lowest BCUT2D eigenvalue weighted by molar-refractivity contribution is 0.315. The van der Waals surface area contributed by atoms with Gasteiger partial charge in [-0.15, -0.1) is 0 Å². The topological polar surface area (TPSA) is 35.8 Å². The van der Waals surface area contributed by atoms with E-state index in [1.165, 1.54) is 6.42 Å². The maximum absolute atomic E-state index is 6.64. The molecule has 0 bridgehead atoms. The summed E-state index contributed by atoms with van der Waals surface area (Å²) in [6.07, 6.45) is 2.29. The van der Waals surface area contributed by atoms with Gasteiger partial charge in [-0.2, -0.15) is 0 Å². The van der Waals surface area contributed by atoms with Crippen LogP contribution in [0.5, 0.6) is 0 Å². The summed E-state index contributed by atoms with van der Waals surface area (Å²) in [6.45, 7) is 5.94. The fourth-order valence-electron chi connectivity index (χ4n) is 3.20. The standard InChI is InChI=1S/C17H26ClN5/c1-4-9-19-11-14-17(18)23-15(20-14)6-5-7-16(23)22-10-8-13(12-22)21(2)3/h5-7,13,19H,4,8-12H2,1-3H3. The Morgan fingerprint density at radius 2 is 2.22 bits per heavy atom.